The fourth-order valence-corrected chi connectivity index (χ4v) is 4.18. The third kappa shape index (κ3) is 4.63. The lowest BCUT2D eigenvalue weighted by Crippen LogP contribution is -2.27. The second kappa shape index (κ2) is 8.06. The Morgan fingerprint density at radius 1 is 1.21 bits per heavy atom. The van der Waals surface area contributed by atoms with Gasteiger partial charge >= 0.3 is 0 Å². The van der Waals surface area contributed by atoms with E-state index >= 15 is 0 Å². The second-order valence-corrected chi connectivity index (χ2v) is 9.44. The molecule has 0 saturated carbocycles. The van der Waals surface area contributed by atoms with E-state index < -0.39 is 5.41 Å². The molecule has 0 spiro atoms. The molecule has 0 bridgehead atoms. The Hall–Kier alpha value is -2.16. The zero-order valence-corrected chi connectivity index (χ0v) is 18.6. The fourth-order valence-electron chi connectivity index (χ4n) is 2.30. The number of halogens is 1. The Morgan fingerprint density at radius 3 is 2.64 bits per heavy atom. The molecule has 148 valence electrons. The van der Waals surface area contributed by atoms with Crippen LogP contribution in [0.25, 0.3) is 10.6 Å². The molecule has 2 N–H and O–H groups in total. The van der Waals surface area contributed by atoms with Crippen molar-refractivity contribution in [1.82, 2.24) is 9.97 Å². The maximum atomic E-state index is 12.2. The first-order chi connectivity index (χ1) is 13.2. The van der Waals surface area contributed by atoms with Gasteiger partial charge in [-0.1, -0.05) is 43.7 Å². The van der Waals surface area contributed by atoms with Crippen molar-refractivity contribution in [2.45, 2.75) is 27.7 Å². The molecular weight excluding hydrogens is 416 g/mol. The van der Waals surface area contributed by atoms with Crippen molar-refractivity contribution in [2.24, 2.45) is 5.41 Å². The van der Waals surface area contributed by atoms with E-state index in [1.165, 1.54) is 22.7 Å². The Balaban J connectivity index is 1.82. The van der Waals surface area contributed by atoms with E-state index in [4.69, 9.17) is 16.3 Å². The monoisotopic (exact) mass is 436 g/mol. The van der Waals surface area contributed by atoms with E-state index in [0.717, 1.165) is 22.0 Å². The SMILES string of the molecule is COc1ccc(Cl)cc1Nc1nc(C)c(-c2csc(NC(=O)C(C)(C)C)n2)s1. The van der Waals surface area contributed by atoms with Gasteiger partial charge in [-0.2, -0.15) is 0 Å². The van der Waals surface area contributed by atoms with Gasteiger partial charge in [0.15, 0.2) is 10.3 Å². The Morgan fingerprint density at radius 2 is 1.96 bits per heavy atom. The van der Waals surface area contributed by atoms with E-state index in [1.54, 1.807) is 25.3 Å². The number of ether oxygens (including phenoxy) is 1. The van der Waals surface area contributed by atoms with Crippen LogP contribution in [0.3, 0.4) is 0 Å². The zero-order valence-electron chi connectivity index (χ0n) is 16.2. The highest BCUT2D eigenvalue weighted by atomic mass is 35.5. The minimum absolute atomic E-state index is 0.0650. The summed E-state index contributed by atoms with van der Waals surface area (Å²) >= 11 is 8.97. The number of thiazole rings is 2. The van der Waals surface area contributed by atoms with Gasteiger partial charge in [0.2, 0.25) is 5.91 Å². The van der Waals surface area contributed by atoms with Crippen molar-refractivity contribution in [2.75, 3.05) is 17.7 Å². The number of carbonyl (C=O) groups is 1. The van der Waals surface area contributed by atoms with Crippen LogP contribution >= 0.6 is 34.3 Å². The molecule has 0 aliphatic rings. The fraction of sp³-hybridized carbons (Fsp3) is 0.316. The Bertz CT molecular complexity index is 1010. The molecule has 3 aromatic rings. The highest BCUT2D eigenvalue weighted by Gasteiger charge is 2.23. The first kappa shape index (κ1) is 20.6. The van der Waals surface area contributed by atoms with E-state index in [-0.39, 0.29) is 5.91 Å². The minimum Gasteiger partial charge on any atom is -0.495 e. The van der Waals surface area contributed by atoms with Crippen molar-refractivity contribution in [1.29, 1.82) is 0 Å². The first-order valence-electron chi connectivity index (χ1n) is 8.52. The van der Waals surface area contributed by atoms with Gasteiger partial charge in [-0.25, -0.2) is 9.97 Å². The van der Waals surface area contributed by atoms with Crippen LogP contribution in [0, 0.1) is 12.3 Å². The van der Waals surface area contributed by atoms with Crippen LogP contribution in [-0.4, -0.2) is 23.0 Å². The molecule has 0 aliphatic carbocycles. The van der Waals surface area contributed by atoms with Crippen LogP contribution in [0.1, 0.15) is 26.5 Å². The molecule has 0 radical (unpaired) electrons. The second-order valence-electron chi connectivity index (χ2n) is 7.15. The molecule has 2 aromatic heterocycles. The van der Waals surface area contributed by atoms with Gasteiger partial charge in [0.25, 0.3) is 0 Å². The highest BCUT2D eigenvalue weighted by molar-refractivity contribution is 7.19. The number of amides is 1. The normalized spacial score (nSPS) is 11.4. The summed E-state index contributed by atoms with van der Waals surface area (Å²) < 4.78 is 5.37. The Labute approximate surface area is 176 Å². The highest BCUT2D eigenvalue weighted by Crippen LogP contribution is 2.38. The van der Waals surface area contributed by atoms with Gasteiger partial charge in [-0.3, -0.25) is 4.79 Å². The summed E-state index contributed by atoms with van der Waals surface area (Å²) in [5.41, 5.74) is 1.91. The first-order valence-corrected chi connectivity index (χ1v) is 10.6. The molecule has 0 unspecified atom stereocenters. The van der Waals surface area contributed by atoms with Crippen molar-refractivity contribution in [3.8, 4) is 16.3 Å². The lowest BCUT2D eigenvalue weighted by atomic mass is 9.96. The third-order valence-electron chi connectivity index (χ3n) is 3.84. The van der Waals surface area contributed by atoms with E-state index in [2.05, 4.69) is 20.6 Å². The molecule has 9 heteroatoms. The summed E-state index contributed by atoms with van der Waals surface area (Å²) in [6.07, 6.45) is 0. The number of aromatic nitrogens is 2. The lowest BCUT2D eigenvalue weighted by Gasteiger charge is -2.15. The van der Waals surface area contributed by atoms with Gasteiger partial charge < -0.3 is 15.4 Å². The number of carbonyl (C=O) groups excluding carboxylic acids is 1. The van der Waals surface area contributed by atoms with Crippen molar-refractivity contribution in [3.05, 3.63) is 34.3 Å². The van der Waals surface area contributed by atoms with E-state index in [1.807, 2.05) is 33.1 Å². The standard InChI is InChI=1S/C19H21ClN4O2S2/c1-10-15(13-9-27-17(23-13)24-16(25)19(2,3)4)28-18(21-10)22-12-8-11(20)6-7-14(12)26-5/h6-9H,1-5H3,(H,21,22)(H,23,24,25). The number of hydrogen-bond donors (Lipinski definition) is 2. The van der Waals surface area contributed by atoms with Gasteiger partial charge in [-0.05, 0) is 25.1 Å². The molecular formula is C19H21ClN4O2S2. The molecule has 28 heavy (non-hydrogen) atoms. The average Bonchev–Trinajstić information content (AvgIpc) is 3.20. The molecule has 0 aliphatic heterocycles. The molecule has 6 nitrogen and oxygen atoms in total. The maximum Gasteiger partial charge on any atom is 0.231 e. The molecule has 3 rings (SSSR count). The number of nitrogens with one attached hydrogen (secondary N) is 2. The predicted molar refractivity (Wildman–Crippen MR) is 117 cm³/mol. The van der Waals surface area contributed by atoms with Crippen LogP contribution in [0.4, 0.5) is 16.0 Å². The summed E-state index contributed by atoms with van der Waals surface area (Å²) in [5, 5.41) is 9.94. The quantitative estimate of drug-likeness (QED) is 0.515. The molecule has 0 fully saturated rings. The van der Waals surface area contributed by atoms with Gasteiger partial charge in [0.05, 0.1) is 29.1 Å². The topological polar surface area (TPSA) is 76.1 Å². The number of hydrogen-bond acceptors (Lipinski definition) is 7. The largest absolute Gasteiger partial charge is 0.495 e. The number of aryl methyl sites for hydroxylation is 1. The molecule has 1 aromatic carbocycles. The van der Waals surface area contributed by atoms with Gasteiger partial charge in [0, 0.05) is 15.8 Å². The van der Waals surface area contributed by atoms with Crippen molar-refractivity contribution in [3.63, 3.8) is 0 Å². The summed E-state index contributed by atoms with van der Waals surface area (Å²) in [7, 11) is 1.61. The molecule has 0 saturated heterocycles. The Kier molecular flexibility index (Phi) is 5.92. The zero-order chi connectivity index (χ0) is 20.5. The lowest BCUT2D eigenvalue weighted by molar-refractivity contribution is -0.123. The summed E-state index contributed by atoms with van der Waals surface area (Å²) in [5.74, 6) is 0.615. The van der Waals surface area contributed by atoms with Crippen LogP contribution < -0.4 is 15.4 Å². The summed E-state index contributed by atoms with van der Waals surface area (Å²) in [6, 6.07) is 5.36. The molecule has 0 atom stereocenters. The van der Waals surface area contributed by atoms with Crippen LogP contribution in [0.2, 0.25) is 5.02 Å². The maximum absolute atomic E-state index is 12.2. The van der Waals surface area contributed by atoms with Crippen LogP contribution in [0.15, 0.2) is 23.6 Å². The number of rotatable bonds is 5. The van der Waals surface area contributed by atoms with Crippen LogP contribution in [0.5, 0.6) is 5.75 Å². The summed E-state index contributed by atoms with van der Waals surface area (Å²) in [6.45, 7) is 7.53. The molecule has 1 amide bonds. The number of anilines is 3. The smallest absolute Gasteiger partial charge is 0.231 e. The number of nitrogens with zero attached hydrogens (tertiary/aromatic N) is 2. The number of methoxy groups -OCH3 is 1. The third-order valence-corrected chi connectivity index (χ3v) is 5.93. The summed E-state index contributed by atoms with van der Waals surface area (Å²) in [4.78, 5) is 22.2. The van der Waals surface area contributed by atoms with Gasteiger partial charge in [-0.15, -0.1) is 11.3 Å². The number of benzene rings is 1. The van der Waals surface area contributed by atoms with Crippen molar-refractivity contribution >= 4 is 56.1 Å². The minimum atomic E-state index is -0.473. The average molecular weight is 437 g/mol. The van der Waals surface area contributed by atoms with Gasteiger partial charge in [0.1, 0.15) is 5.75 Å². The van der Waals surface area contributed by atoms with Crippen molar-refractivity contribution < 1.29 is 9.53 Å². The predicted octanol–water partition coefficient (Wildman–Crippen LogP) is 5.97. The van der Waals surface area contributed by atoms with Crippen LogP contribution in [-0.2, 0) is 4.79 Å². The molecule has 2 heterocycles. The van der Waals surface area contributed by atoms with E-state index in [0.29, 0.717) is 21.0 Å². The van der Waals surface area contributed by atoms with E-state index in [9.17, 15) is 4.79 Å².